The van der Waals surface area contributed by atoms with E-state index < -0.39 is 10.1 Å². The van der Waals surface area contributed by atoms with Gasteiger partial charge in [-0.2, -0.15) is 13.5 Å². The average Bonchev–Trinajstić information content (AvgIpc) is 2.73. The van der Waals surface area contributed by atoms with E-state index >= 15 is 0 Å². The largest absolute Gasteiger partial charge is 0.297 e. The fourth-order valence-corrected chi connectivity index (χ4v) is 1.22. The normalized spacial score (nSPS) is 10.4. The number of H-pyrrole nitrogens is 1. The zero-order chi connectivity index (χ0) is 10.9. The van der Waals surface area contributed by atoms with Gasteiger partial charge < -0.3 is 0 Å². The molecule has 1 rings (SSSR count). The first-order valence-electron chi connectivity index (χ1n) is 3.94. The van der Waals surface area contributed by atoms with Crippen LogP contribution in [0, 0.1) is 0 Å². The lowest BCUT2D eigenvalue weighted by Crippen LogP contribution is -2.04. The Bertz CT molecular complexity index is 283. The molecule has 0 unspecified atom stereocenters. The number of rotatable bonds is 4. The molecule has 0 aromatic carbocycles. The third kappa shape index (κ3) is 7.62. The van der Waals surface area contributed by atoms with Crippen LogP contribution in [0.1, 0.15) is 19.8 Å². The number of aromatic amines is 1. The lowest BCUT2D eigenvalue weighted by Gasteiger charge is -1.92. The fourth-order valence-electron chi connectivity index (χ4n) is 0.519. The maximum atomic E-state index is 11.0. The van der Waals surface area contributed by atoms with Crippen molar-refractivity contribution in [3.8, 4) is 0 Å². The minimum Gasteiger partial charge on any atom is -0.266 e. The number of aromatic nitrogens is 3. The van der Waals surface area contributed by atoms with Crippen molar-refractivity contribution >= 4 is 10.1 Å². The minimum absolute atomic E-state index is 0.236. The molecule has 0 saturated heterocycles. The van der Waals surface area contributed by atoms with Crippen LogP contribution in [-0.2, 0) is 14.5 Å². The summed E-state index contributed by atoms with van der Waals surface area (Å²) >= 11 is 0. The molecule has 0 saturated carbocycles. The number of unbranched alkanes of at least 4 members (excludes halogenated alkanes) is 1. The zero-order valence-corrected chi connectivity index (χ0v) is 8.50. The monoisotopic (exact) mass is 225 g/mol. The third-order valence-corrected chi connectivity index (χ3v) is 2.16. The quantitative estimate of drug-likeness (QED) is 0.820. The van der Waals surface area contributed by atoms with Gasteiger partial charge in [0, 0.05) is 0 Å². The van der Waals surface area contributed by atoms with E-state index in [4.69, 9.17) is 0 Å². The Kier molecular flexibility index (Phi) is 6.85. The molecule has 0 atom stereocenters. The fraction of sp³-hybridized carbons (Fsp3) is 0.667. The zero-order valence-electron chi connectivity index (χ0n) is 7.68. The Balaban J connectivity index is 0.000000280. The molecule has 14 heavy (non-hydrogen) atoms. The number of hydrogen-bond acceptors (Lipinski definition) is 5. The van der Waals surface area contributed by atoms with E-state index in [9.17, 15) is 12.9 Å². The van der Waals surface area contributed by atoms with Crippen LogP contribution in [0.15, 0.2) is 12.7 Å². The summed E-state index contributed by atoms with van der Waals surface area (Å²) in [6.07, 6.45) is 4.11. The van der Waals surface area contributed by atoms with E-state index in [-0.39, 0.29) is 5.75 Å². The average molecular weight is 225 g/mol. The molecule has 0 amide bonds. The highest BCUT2D eigenvalue weighted by molar-refractivity contribution is 7.86. The van der Waals surface area contributed by atoms with Crippen molar-refractivity contribution < 1.29 is 17.3 Å². The molecule has 1 aromatic heterocycles. The summed E-state index contributed by atoms with van der Waals surface area (Å²) in [5.41, 5.74) is 0. The van der Waals surface area contributed by atoms with E-state index in [1.54, 1.807) is 0 Å². The molecule has 0 aliphatic carbocycles. The molecular weight excluding hydrogens is 213 g/mol. The lowest BCUT2D eigenvalue weighted by molar-refractivity contribution is 0.00290. The second kappa shape index (κ2) is 7.39. The van der Waals surface area contributed by atoms with E-state index in [1.165, 1.54) is 12.7 Å². The van der Waals surface area contributed by atoms with Crippen molar-refractivity contribution in [2.24, 2.45) is 0 Å². The first-order chi connectivity index (χ1) is 6.62. The molecule has 1 heterocycles. The highest BCUT2D eigenvalue weighted by Crippen LogP contribution is 1.98. The number of halogens is 1. The van der Waals surface area contributed by atoms with Gasteiger partial charge in [-0.15, -0.1) is 0 Å². The van der Waals surface area contributed by atoms with Crippen molar-refractivity contribution in [2.45, 2.75) is 19.8 Å². The molecule has 6 nitrogen and oxygen atoms in total. The summed E-state index contributed by atoms with van der Waals surface area (Å²) < 4.78 is 34.0. The van der Waals surface area contributed by atoms with Crippen LogP contribution in [-0.4, -0.2) is 29.4 Å². The van der Waals surface area contributed by atoms with Crippen LogP contribution in [0.2, 0.25) is 0 Å². The molecule has 8 heteroatoms. The van der Waals surface area contributed by atoms with Crippen LogP contribution in [0.3, 0.4) is 0 Å². The summed E-state index contributed by atoms with van der Waals surface area (Å²) in [4.78, 5) is 3.56. The highest BCUT2D eigenvalue weighted by atomic mass is 32.2. The van der Waals surface area contributed by atoms with Gasteiger partial charge in [0.2, 0.25) is 0 Å². The minimum atomic E-state index is -3.85. The standard InChI is InChI=1S/C4H9FO3S.C2H3N3/c1-2-3-4-9(6,7)8-5;1-3-2-5-4-1/h2-4H2,1H3;1-2H,(H,3,4,5). The van der Waals surface area contributed by atoms with Crippen LogP contribution in [0.25, 0.3) is 0 Å². The SMILES string of the molecule is CCCCS(=O)(=O)OF.c1nc[nH]n1. The molecular formula is C6H12FN3O3S. The van der Waals surface area contributed by atoms with Crippen LogP contribution in [0.5, 0.6) is 0 Å². The van der Waals surface area contributed by atoms with Crippen molar-refractivity contribution in [3.05, 3.63) is 12.7 Å². The van der Waals surface area contributed by atoms with Crippen molar-refractivity contribution in [1.82, 2.24) is 15.2 Å². The Morgan fingerprint density at radius 1 is 1.57 bits per heavy atom. The Morgan fingerprint density at radius 3 is 2.57 bits per heavy atom. The van der Waals surface area contributed by atoms with Crippen molar-refractivity contribution in [1.29, 1.82) is 0 Å². The van der Waals surface area contributed by atoms with Gasteiger partial charge in [0.05, 0.1) is 5.75 Å². The van der Waals surface area contributed by atoms with Gasteiger partial charge in [-0.3, -0.25) is 5.10 Å². The van der Waals surface area contributed by atoms with Crippen molar-refractivity contribution in [2.75, 3.05) is 5.75 Å². The summed E-state index contributed by atoms with van der Waals surface area (Å²) in [6, 6.07) is 0. The summed E-state index contributed by atoms with van der Waals surface area (Å²) in [7, 11) is -3.85. The molecule has 0 aliphatic heterocycles. The summed E-state index contributed by atoms with van der Waals surface area (Å²) in [5.74, 6) is -0.236. The predicted molar refractivity (Wildman–Crippen MR) is 47.3 cm³/mol. The second-order valence-electron chi connectivity index (χ2n) is 2.33. The molecule has 1 N–H and O–H groups in total. The molecule has 0 bridgehead atoms. The molecule has 0 aliphatic rings. The Morgan fingerprint density at radius 2 is 2.29 bits per heavy atom. The van der Waals surface area contributed by atoms with Crippen LogP contribution >= 0.6 is 0 Å². The smallest absolute Gasteiger partial charge is 0.266 e. The first-order valence-corrected chi connectivity index (χ1v) is 5.51. The molecule has 82 valence electrons. The predicted octanol–water partition coefficient (Wildman–Crippen LogP) is 0.822. The molecule has 1 aromatic rings. The van der Waals surface area contributed by atoms with Gasteiger partial charge in [0.1, 0.15) is 12.7 Å². The van der Waals surface area contributed by atoms with Gasteiger partial charge in [-0.05, 0) is 10.9 Å². The summed E-state index contributed by atoms with van der Waals surface area (Å²) in [5, 5.41) is 5.99. The maximum Gasteiger partial charge on any atom is 0.297 e. The molecule has 0 radical (unpaired) electrons. The first kappa shape index (κ1) is 13.0. The van der Waals surface area contributed by atoms with E-state index in [1.807, 2.05) is 6.92 Å². The highest BCUT2D eigenvalue weighted by Gasteiger charge is 2.08. The van der Waals surface area contributed by atoms with E-state index in [0.717, 1.165) is 0 Å². The Hall–Kier alpha value is -1.02. The third-order valence-electron chi connectivity index (χ3n) is 1.18. The van der Waals surface area contributed by atoms with Crippen molar-refractivity contribution in [3.63, 3.8) is 0 Å². The second-order valence-corrected chi connectivity index (χ2v) is 3.98. The topological polar surface area (TPSA) is 84.9 Å². The van der Waals surface area contributed by atoms with Gasteiger partial charge in [0.25, 0.3) is 10.1 Å². The lowest BCUT2D eigenvalue weighted by atomic mass is 10.4. The summed E-state index contributed by atoms with van der Waals surface area (Å²) in [6.45, 7) is 1.81. The van der Waals surface area contributed by atoms with E-state index in [2.05, 4.69) is 19.6 Å². The number of nitrogens with one attached hydrogen (secondary N) is 1. The Labute approximate surface area is 81.5 Å². The number of nitrogens with zero attached hydrogens (tertiary/aromatic N) is 2. The van der Waals surface area contributed by atoms with Crippen LogP contribution in [0.4, 0.5) is 4.53 Å². The molecule has 0 fully saturated rings. The van der Waals surface area contributed by atoms with Gasteiger partial charge in [-0.25, -0.2) is 4.98 Å². The van der Waals surface area contributed by atoms with E-state index in [0.29, 0.717) is 12.8 Å². The van der Waals surface area contributed by atoms with Gasteiger partial charge in [-0.1, -0.05) is 17.7 Å². The van der Waals surface area contributed by atoms with Gasteiger partial charge >= 0.3 is 0 Å². The maximum absolute atomic E-state index is 11.0. The number of hydrogen-bond donors (Lipinski definition) is 1. The van der Waals surface area contributed by atoms with Crippen LogP contribution < -0.4 is 0 Å². The molecule has 0 spiro atoms. The van der Waals surface area contributed by atoms with Gasteiger partial charge in [0.15, 0.2) is 0 Å².